The number of carbonyl (C=O) groups is 2. The van der Waals surface area contributed by atoms with Crippen molar-refractivity contribution in [2.45, 2.75) is 84.6 Å². The lowest BCUT2D eigenvalue weighted by molar-refractivity contribution is -0.931. The minimum absolute atomic E-state index is 0.0479. The van der Waals surface area contributed by atoms with Crippen molar-refractivity contribution in [3.05, 3.63) is 59.7 Å². The van der Waals surface area contributed by atoms with Crippen molar-refractivity contribution in [2.75, 3.05) is 38.1 Å². The number of nitrogens with zero attached hydrogens (tertiary/aromatic N) is 1. The first-order valence-electron chi connectivity index (χ1n) is 14.8. The highest BCUT2D eigenvalue weighted by atomic mass is 16.5. The van der Waals surface area contributed by atoms with E-state index in [1.807, 2.05) is 18.2 Å². The van der Waals surface area contributed by atoms with Crippen LogP contribution >= 0.6 is 0 Å². The van der Waals surface area contributed by atoms with E-state index in [-0.39, 0.29) is 17.9 Å². The largest absolute Gasteiger partial charge is 0.493 e. The summed E-state index contributed by atoms with van der Waals surface area (Å²) in [7, 11) is 0. The maximum Gasteiger partial charge on any atom is 0.259 e. The molecule has 208 valence electrons. The third kappa shape index (κ3) is 8.87. The molecule has 2 aromatic carbocycles. The molecule has 0 aromatic heterocycles. The highest BCUT2D eigenvalue weighted by molar-refractivity contribution is 6.06. The Kier molecular flexibility index (Phi) is 12.1. The van der Waals surface area contributed by atoms with Gasteiger partial charge < -0.3 is 19.9 Å². The minimum Gasteiger partial charge on any atom is -0.493 e. The van der Waals surface area contributed by atoms with Crippen LogP contribution in [0.4, 0.5) is 5.69 Å². The van der Waals surface area contributed by atoms with Crippen LogP contribution in [0.1, 0.15) is 99.3 Å². The molecule has 6 nitrogen and oxygen atoms in total. The van der Waals surface area contributed by atoms with Crippen molar-refractivity contribution in [3.8, 4) is 5.75 Å². The first kappa shape index (κ1) is 29.7. The van der Waals surface area contributed by atoms with Gasteiger partial charge in [-0.3, -0.25) is 9.59 Å². The zero-order valence-electron chi connectivity index (χ0n) is 23.8. The number of hydrogen-bond donors (Lipinski definition) is 2. The van der Waals surface area contributed by atoms with Crippen molar-refractivity contribution in [2.24, 2.45) is 0 Å². The second-order valence-corrected chi connectivity index (χ2v) is 10.7. The van der Waals surface area contributed by atoms with E-state index in [0.717, 1.165) is 45.3 Å². The van der Waals surface area contributed by atoms with Gasteiger partial charge in [-0.1, -0.05) is 58.1 Å². The number of amides is 2. The highest BCUT2D eigenvalue weighted by Crippen LogP contribution is 2.22. The summed E-state index contributed by atoms with van der Waals surface area (Å²) in [6.45, 7) is 12.0. The molecule has 1 aliphatic heterocycles. The third-order valence-electron chi connectivity index (χ3n) is 7.90. The van der Waals surface area contributed by atoms with Gasteiger partial charge in [0, 0.05) is 30.1 Å². The van der Waals surface area contributed by atoms with Gasteiger partial charge in [-0.15, -0.1) is 0 Å². The Morgan fingerprint density at radius 2 is 1.53 bits per heavy atom. The quantitative estimate of drug-likeness (QED) is 0.199. The Labute approximate surface area is 229 Å². The minimum atomic E-state index is -0.215. The van der Waals surface area contributed by atoms with E-state index < -0.39 is 0 Å². The fourth-order valence-corrected chi connectivity index (χ4v) is 5.45. The lowest BCUT2D eigenvalue weighted by atomic mass is 10.0. The number of unbranched alkanes of at least 4 members (excludes halogenated alkanes) is 5. The second kappa shape index (κ2) is 15.5. The number of nitrogens with one attached hydrogen (secondary N) is 2. The predicted octanol–water partition coefficient (Wildman–Crippen LogP) is 6.82. The van der Waals surface area contributed by atoms with Crippen LogP contribution in [0.15, 0.2) is 48.5 Å². The molecule has 0 radical (unpaired) electrons. The molecular formula is C32H48N3O3+. The van der Waals surface area contributed by atoms with Crippen LogP contribution in [-0.4, -0.2) is 55.1 Å². The predicted molar refractivity (Wildman–Crippen MR) is 156 cm³/mol. The topological polar surface area (TPSA) is 67.4 Å². The fourth-order valence-electron chi connectivity index (χ4n) is 5.45. The summed E-state index contributed by atoms with van der Waals surface area (Å²) in [4.78, 5) is 25.8. The Balaban J connectivity index is 1.48. The van der Waals surface area contributed by atoms with Gasteiger partial charge in [0.15, 0.2) is 0 Å². The normalized spacial score (nSPS) is 19.1. The summed E-state index contributed by atoms with van der Waals surface area (Å²) in [5.41, 5.74) is 1.78. The third-order valence-corrected chi connectivity index (χ3v) is 7.90. The summed E-state index contributed by atoms with van der Waals surface area (Å²) in [6, 6.07) is 14.7. The molecule has 2 N–H and O–H groups in total. The number of ether oxygens (including phenoxy) is 1. The van der Waals surface area contributed by atoms with Gasteiger partial charge in [-0.2, -0.15) is 0 Å². The molecule has 1 fully saturated rings. The summed E-state index contributed by atoms with van der Waals surface area (Å²) >= 11 is 0. The average Bonchev–Trinajstić information content (AvgIpc) is 2.94. The van der Waals surface area contributed by atoms with Gasteiger partial charge >= 0.3 is 0 Å². The molecule has 1 aliphatic rings. The lowest BCUT2D eigenvalue weighted by Crippen LogP contribution is -2.56. The van der Waals surface area contributed by atoms with E-state index in [1.165, 1.54) is 43.1 Å². The van der Waals surface area contributed by atoms with Crippen molar-refractivity contribution in [1.82, 2.24) is 5.32 Å². The maximum atomic E-state index is 13.0. The Morgan fingerprint density at radius 3 is 2.21 bits per heavy atom. The van der Waals surface area contributed by atoms with E-state index in [4.69, 9.17) is 4.74 Å². The molecule has 1 heterocycles. The van der Waals surface area contributed by atoms with Crippen LogP contribution in [0.5, 0.6) is 5.75 Å². The summed E-state index contributed by atoms with van der Waals surface area (Å²) < 4.78 is 7.11. The number of quaternary nitrogens is 1. The molecule has 0 bridgehead atoms. The van der Waals surface area contributed by atoms with Gasteiger partial charge in [-0.05, 0) is 56.2 Å². The van der Waals surface area contributed by atoms with Gasteiger partial charge in [0.2, 0.25) is 0 Å². The Bertz CT molecular complexity index is 997. The van der Waals surface area contributed by atoms with Crippen molar-refractivity contribution >= 4 is 17.5 Å². The van der Waals surface area contributed by atoms with E-state index in [1.54, 1.807) is 30.3 Å². The number of para-hydroxylation sites is 1. The van der Waals surface area contributed by atoms with Crippen molar-refractivity contribution in [1.29, 1.82) is 0 Å². The smallest absolute Gasteiger partial charge is 0.259 e. The fraction of sp³-hybridized carbons (Fsp3) is 0.562. The molecule has 0 atom stereocenters. The molecule has 2 aromatic rings. The number of likely N-dealkylation sites (tertiary alicyclic amines) is 1. The number of benzene rings is 2. The summed E-state index contributed by atoms with van der Waals surface area (Å²) in [6.07, 6.45) is 10.4. The molecule has 38 heavy (non-hydrogen) atoms. The van der Waals surface area contributed by atoms with Crippen LogP contribution in [0.3, 0.4) is 0 Å². The average molecular weight is 523 g/mol. The number of hydrogen-bond acceptors (Lipinski definition) is 3. The maximum absolute atomic E-state index is 13.0. The molecule has 0 saturated carbocycles. The highest BCUT2D eigenvalue weighted by Gasteiger charge is 2.32. The first-order valence-corrected chi connectivity index (χ1v) is 14.8. The molecule has 1 saturated heterocycles. The van der Waals surface area contributed by atoms with Gasteiger partial charge in [0.25, 0.3) is 11.8 Å². The van der Waals surface area contributed by atoms with Crippen LogP contribution in [-0.2, 0) is 0 Å². The van der Waals surface area contributed by atoms with E-state index in [2.05, 4.69) is 31.4 Å². The Morgan fingerprint density at radius 1 is 0.842 bits per heavy atom. The van der Waals surface area contributed by atoms with Gasteiger partial charge in [0.1, 0.15) is 5.75 Å². The molecule has 2 amide bonds. The summed E-state index contributed by atoms with van der Waals surface area (Å²) in [5.74, 6) is 0.340. The lowest BCUT2D eigenvalue weighted by Gasteiger charge is -2.43. The van der Waals surface area contributed by atoms with Crippen LogP contribution in [0.25, 0.3) is 0 Å². The van der Waals surface area contributed by atoms with E-state index >= 15 is 0 Å². The zero-order chi connectivity index (χ0) is 27.2. The molecule has 0 aliphatic carbocycles. The molecule has 0 unspecified atom stereocenters. The zero-order valence-corrected chi connectivity index (χ0v) is 23.8. The van der Waals surface area contributed by atoms with Gasteiger partial charge in [-0.25, -0.2) is 0 Å². The van der Waals surface area contributed by atoms with E-state index in [9.17, 15) is 9.59 Å². The van der Waals surface area contributed by atoms with Gasteiger partial charge in [0.05, 0.1) is 38.3 Å². The number of rotatable bonds is 15. The molecular weight excluding hydrogens is 474 g/mol. The summed E-state index contributed by atoms with van der Waals surface area (Å²) in [5, 5.41) is 6.16. The van der Waals surface area contributed by atoms with Crippen molar-refractivity contribution in [3.63, 3.8) is 0 Å². The van der Waals surface area contributed by atoms with Crippen LogP contribution in [0.2, 0.25) is 0 Å². The number of piperidine rings is 1. The van der Waals surface area contributed by atoms with Crippen molar-refractivity contribution < 1.29 is 18.8 Å². The SMILES string of the molecule is CCCCCCCCOc1ccccc1C(=O)Nc1ccc(C(=O)NC2CC[N+](CC)(CCC)CC2)cc1. The number of carbonyl (C=O) groups excluding carboxylic acids is 2. The molecule has 6 heteroatoms. The number of anilines is 1. The second-order valence-electron chi connectivity index (χ2n) is 10.7. The Hall–Kier alpha value is -2.86. The standard InChI is InChI=1S/C32H47N3O3/c1-4-7-8-9-10-13-25-38-30-15-12-11-14-29(30)32(37)34-27-18-16-26(17-19-27)31(36)33-28-20-23-35(6-3,22-5-2)24-21-28/h11-12,14-19,28H,4-10,13,20-25H2,1-3H3,(H-,33,34,36,37)/p+1. The molecule has 0 spiro atoms. The first-order chi connectivity index (χ1) is 18.5. The van der Waals surface area contributed by atoms with Crippen LogP contribution in [0, 0.1) is 0 Å². The molecule has 3 rings (SSSR count). The van der Waals surface area contributed by atoms with E-state index in [0.29, 0.717) is 29.2 Å². The van der Waals surface area contributed by atoms with Crippen LogP contribution < -0.4 is 15.4 Å². The monoisotopic (exact) mass is 522 g/mol.